The summed E-state index contributed by atoms with van der Waals surface area (Å²) in [7, 11) is 0. The molecule has 1 aromatic heterocycles. The van der Waals surface area contributed by atoms with Gasteiger partial charge >= 0.3 is 0 Å². The fourth-order valence-corrected chi connectivity index (χ4v) is 3.86. The van der Waals surface area contributed by atoms with Crippen LogP contribution in [0.5, 0.6) is 0 Å². The molecule has 1 N–H and O–H groups in total. The number of anilines is 1. The topological polar surface area (TPSA) is 58.1 Å². The van der Waals surface area contributed by atoms with Crippen LogP contribution in [0.1, 0.15) is 74.5 Å². The summed E-state index contributed by atoms with van der Waals surface area (Å²) in [5.41, 5.74) is 1.38. The van der Waals surface area contributed by atoms with Crippen LogP contribution in [-0.2, 0) is 0 Å². The lowest BCUT2D eigenvalue weighted by atomic mass is 10.0. The molecule has 0 radical (unpaired) electrons. The molecule has 1 aliphatic carbocycles. The highest BCUT2D eigenvalue weighted by Gasteiger charge is 2.22. The highest BCUT2D eigenvalue weighted by molar-refractivity contribution is 5.92. The van der Waals surface area contributed by atoms with E-state index in [1.54, 1.807) is 0 Å². The van der Waals surface area contributed by atoms with Crippen molar-refractivity contribution < 1.29 is 4.79 Å². The molecule has 1 aliphatic heterocycles. The second-order valence-corrected chi connectivity index (χ2v) is 7.55. The summed E-state index contributed by atoms with van der Waals surface area (Å²) >= 11 is 0. The Morgan fingerprint density at radius 2 is 1.88 bits per heavy atom. The molecule has 1 unspecified atom stereocenters. The van der Waals surface area contributed by atoms with Crippen molar-refractivity contribution in [1.29, 1.82) is 0 Å². The summed E-state index contributed by atoms with van der Waals surface area (Å²) in [5, 5.41) is 3.19. The van der Waals surface area contributed by atoms with Gasteiger partial charge in [-0.15, -0.1) is 0 Å². The van der Waals surface area contributed by atoms with Crippen molar-refractivity contribution in [3.63, 3.8) is 0 Å². The van der Waals surface area contributed by atoms with Crippen LogP contribution in [0.2, 0.25) is 0 Å². The van der Waals surface area contributed by atoms with E-state index in [1.165, 1.54) is 38.5 Å². The zero-order valence-corrected chi connectivity index (χ0v) is 15.1. The maximum atomic E-state index is 12.7. The Bertz CT molecular complexity index is 566. The van der Waals surface area contributed by atoms with Crippen LogP contribution in [0.25, 0.3) is 0 Å². The van der Waals surface area contributed by atoms with Gasteiger partial charge in [0.25, 0.3) is 5.91 Å². The Kier molecular flexibility index (Phi) is 5.69. The molecule has 1 aromatic rings. The summed E-state index contributed by atoms with van der Waals surface area (Å²) in [4.78, 5) is 24.0. The molecule has 2 aliphatic rings. The van der Waals surface area contributed by atoms with Crippen LogP contribution < -0.4 is 10.2 Å². The van der Waals surface area contributed by atoms with Crippen LogP contribution >= 0.6 is 0 Å². The van der Waals surface area contributed by atoms with Crippen molar-refractivity contribution in [3.05, 3.63) is 17.5 Å². The van der Waals surface area contributed by atoms with Crippen molar-refractivity contribution >= 4 is 11.9 Å². The molecule has 1 saturated heterocycles. The van der Waals surface area contributed by atoms with E-state index in [1.807, 2.05) is 13.0 Å². The highest BCUT2D eigenvalue weighted by atomic mass is 16.1. The second-order valence-electron chi connectivity index (χ2n) is 7.55. The number of hydrogen-bond donors (Lipinski definition) is 1. The molecule has 0 bridgehead atoms. The minimum absolute atomic E-state index is 0.0429. The smallest absolute Gasteiger partial charge is 0.270 e. The van der Waals surface area contributed by atoms with Gasteiger partial charge in [0.05, 0.1) is 0 Å². The van der Waals surface area contributed by atoms with E-state index >= 15 is 0 Å². The SMILES string of the molecule is Cc1cc(C(=O)NC2CCCCCC2)nc(N2CCCC(C)C2)n1. The summed E-state index contributed by atoms with van der Waals surface area (Å²) in [5.74, 6) is 1.33. The number of piperidine rings is 1. The Balaban J connectivity index is 1.71. The molecule has 3 rings (SSSR count). The third-order valence-electron chi connectivity index (χ3n) is 5.21. The molecule has 5 heteroatoms. The van der Waals surface area contributed by atoms with Crippen molar-refractivity contribution in [2.24, 2.45) is 5.92 Å². The first-order valence-corrected chi connectivity index (χ1v) is 9.53. The van der Waals surface area contributed by atoms with E-state index in [9.17, 15) is 4.79 Å². The number of amides is 1. The molecule has 0 aromatic carbocycles. The van der Waals surface area contributed by atoms with E-state index in [0.717, 1.165) is 31.6 Å². The molecule has 2 heterocycles. The van der Waals surface area contributed by atoms with Crippen molar-refractivity contribution in [1.82, 2.24) is 15.3 Å². The average Bonchev–Trinajstić information content (AvgIpc) is 2.83. The third-order valence-corrected chi connectivity index (χ3v) is 5.21. The van der Waals surface area contributed by atoms with Crippen molar-refractivity contribution in [2.45, 2.75) is 71.3 Å². The van der Waals surface area contributed by atoms with Crippen molar-refractivity contribution in [3.8, 4) is 0 Å². The van der Waals surface area contributed by atoms with E-state index in [4.69, 9.17) is 0 Å². The minimum atomic E-state index is -0.0429. The van der Waals surface area contributed by atoms with Gasteiger partial charge in [0.15, 0.2) is 0 Å². The van der Waals surface area contributed by atoms with Crippen LogP contribution in [0, 0.1) is 12.8 Å². The van der Waals surface area contributed by atoms with Gasteiger partial charge in [-0.25, -0.2) is 9.97 Å². The number of nitrogens with one attached hydrogen (secondary N) is 1. The standard InChI is InChI=1S/C19H30N4O/c1-14-8-7-11-23(13-14)19-20-15(2)12-17(22-19)18(24)21-16-9-5-3-4-6-10-16/h12,14,16H,3-11,13H2,1-2H3,(H,21,24). The molecule has 132 valence electrons. The van der Waals surface area contributed by atoms with Crippen LogP contribution in [0.3, 0.4) is 0 Å². The van der Waals surface area contributed by atoms with Crippen LogP contribution in [0.15, 0.2) is 6.07 Å². The largest absolute Gasteiger partial charge is 0.348 e. The summed E-state index contributed by atoms with van der Waals surface area (Å²) in [6, 6.07) is 2.11. The van der Waals surface area contributed by atoms with Gasteiger partial charge in [-0.3, -0.25) is 4.79 Å². The van der Waals surface area contributed by atoms with Gasteiger partial charge in [0.1, 0.15) is 5.69 Å². The number of hydrogen-bond acceptors (Lipinski definition) is 4. The number of carbonyl (C=O) groups excluding carboxylic acids is 1. The lowest BCUT2D eigenvalue weighted by Gasteiger charge is -2.31. The van der Waals surface area contributed by atoms with Gasteiger partial charge in [-0.2, -0.15) is 0 Å². The molecule has 5 nitrogen and oxygen atoms in total. The Morgan fingerprint density at radius 1 is 1.12 bits per heavy atom. The Morgan fingerprint density at radius 3 is 2.58 bits per heavy atom. The first-order valence-electron chi connectivity index (χ1n) is 9.53. The molecule has 2 fully saturated rings. The second kappa shape index (κ2) is 7.95. The first-order chi connectivity index (χ1) is 11.6. The van der Waals surface area contributed by atoms with Crippen LogP contribution in [0.4, 0.5) is 5.95 Å². The molecule has 0 spiro atoms. The fraction of sp³-hybridized carbons (Fsp3) is 0.737. The zero-order valence-electron chi connectivity index (χ0n) is 15.1. The molecule has 1 amide bonds. The van der Waals surface area contributed by atoms with Crippen molar-refractivity contribution in [2.75, 3.05) is 18.0 Å². The lowest BCUT2D eigenvalue weighted by Crippen LogP contribution is -2.37. The monoisotopic (exact) mass is 330 g/mol. The first kappa shape index (κ1) is 17.2. The van der Waals surface area contributed by atoms with Gasteiger partial charge < -0.3 is 10.2 Å². The number of rotatable bonds is 3. The minimum Gasteiger partial charge on any atom is -0.348 e. The van der Waals surface area contributed by atoms with E-state index in [2.05, 4.69) is 27.1 Å². The third kappa shape index (κ3) is 4.46. The predicted molar refractivity (Wildman–Crippen MR) is 96.3 cm³/mol. The zero-order chi connectivity index (χ0) is 16.9. The molecule has 24 heavy (non-hydrogen) atoms. The number of aryl methyl sites for hydroxylation is 1. The fourth-order valence-electron chi connectivity index (χ4n) is 3.86. The Hall–Kier alpha value is -1.65. The maximum absolute atomic E-state index is 12.7. The molecular formula is C19H30N4O. The Labute approximate surface area is 145 Å². The maximum Gasteiger partial charge on any atom is 0.270 e. The molecular weight excluding hydrogens is 300 g/mol. The number of aromatic nitrogens is 2. The highest BCUT2D eigenvalue weighted by Crippen LogP contribution is 2.21. The molecule has 1 saturated carbocycles. The number of carbonyl (C=O) groups is 1. The predicted octanol–water partition coefficient (Wildman–Crippen LogP) is 3.47. The van der Waals surface area contributed by atoms with Gasteiger partial charge in [-0.1, -0.05) is 32.6 Å². The van der Waals surface area contributed by atoms with E-state index < -0.39 is 0 Å². The van der Waals surface area contributed by atoms with Crippen LogP contribution in [-0.4, -0.2) is 35.0 Å². The average molecular weight is 330 g/mol. The van der Waals surface area contributed by atoms with E-state index in [0.29, 0.717) is 23.6 Å². The normalized spacial score (nSPS) is 22.9. The quantitative estimate of drug-likeness (QED) is 0.862. The van der Waals surface area contributed by atoms with Gasteiger partial charge in [-0.05, 0) is 44.6 Å². The number of nitrogens with zero attached hydrogens (tertiary/aromatic N) is 3. The summed E-state index contributed by atoms with van der Waals surface area (Å²) in [6.45, 7) is 6.17. The van der Waals surface area contributed by atoms with E-state index in [-0.39, 0.29) is 5.91 Å². The lowest BCUT2D eigenvalue weighted by molar-refractivity contribution is 0.0928. The summed E-state index contributed by atoms with van der Waals surface area (Å²) in [6.07, 6.45) is 9.61. The molecule has 1 atom stereocenters. The van der Waals surface area contributed by atoms with Gasteiger partial charge in [0, 0.05) is 24.8 Å². The summed E-state index contributed by atoms with van der Waals surface area (Å²) < 4.78 is 0. The van der Waals surface area contributed by atoms with Gasteiger partial charge in [0.2, 0.25) is 5.95 Å².